The van der Waals surface area contributed by atoms with Crippen LogP contribution in [0.4, 0.5) is 27.5 Å². The fourth-order valence-corrected chi connectivity index (χ4v) is 3.40. The second kappa shape index (κ2) is 9.45. The number of benzene rings is 3. The van der Waals surface area contributed by atoms with E-state index in [4.69, 9.17) is 21.1 Å². The summed E-state index contributed by atoms with van der Waals surface area (Å²) in [5.74, 6) is 1.25. The van der Waals surface area contributed by atoms with Crippen LogP contribution in [0.3, 0.4) is 0 Å². The number of nitrogens with one attached hydrogen (secondary N) is 3. The highest BCUT2D eigenvalue weighted by atomic mass is 35.5. The summed E-state index contributed by atoms with van der Waals surface area (Å²) in [4.78, 5) is 16.7. The largest absolute Gasteiger partial charge is 0.493 e. The predicted octanol–water partition coefficient (Wildman–Crippen LogP) is 6.29. The maximum atomic E-state index is 12.2. The Bertz CT molecular complexity index is 1260. The fourth-order valence-electron chi connectivity index (χ4n) is 3.22. The molecule has 0 spiro atoms. The monoisotopic (exact) mass is 448 g/mol. The topological polar surface area (TPSA) is 84.5 Å². The number of halogens is 1. The van der Waals surface area contributed by atoms with E-state index < -0.39 is 0 Å². The van der Waals surface area contributed by atoms with Crippen molar-refractivity contribution in [2.75, 3.05) is 30.2 Å². The Morgan fingerprint density at radius 1 is 0.844 bits per heavy atom. The number of ether oxygens (including phenoxy) is 2. The van der Waals surface area contributed by atoms with Crippen LogP contribution in [-0.4, -0.2) is 25.2 Å². The molecule has 0 bridgehead atoms. The molecule has 0 atom stereocenters. The molecule has 2 amide bonds. The summed E-state index contributed by atoms with van der Waals surface area (Å²) in [5, 5.41) is 10.3. The lowest BCUT2D eigenvalue weighted by Crippen LogP contribution is -2.19. The van der Waals surface area contributed by atoms with Crippen molar-refractivity contribution in [1.82, 2.24) is 4.98 Å². The lowest BCUT2D eigenvalue weighted by atomic mass is 10.1. The Balaban J connectivity index is 1.48. The Morgan fingerprint density at radius 3 is 2.25 bits per heavy atom. The lowest BCUT2D eigenvalue weighted by Gasteiger charge is -2.13. The molecule has 0 aliphatic heterocycles. The SMILES string of the molecule is COc1cc2nccc(Nc3ccc(NC(=O)Nc4ccccc4Cl)cc3)c2cc1OC. The van der Waals surface area contributed by atoms with E-state index in [0.29, 0.717) is 27.9 Å². The van der Waals surface area contributed by atoms with Crippen LogP contribution in [0, 0.1) is 0 Å². The molecule has 1 aromatic heterocycles. The number of pyridine rings is 1. The van der Waals surface area contributed by atoms with Crippen LogP contribution in [0.1, 0.15) is 0 Å². The number of methoxy groups -OCH3 is 2. The van der Waals surface area contributed by atoms with Gasteiger partial charge in [0.1, 0.15) is 0 Å². The highest BCUT2D eigenvalue weighted by molar-refractivity contribution is 6.33. The molecule has 1 heterocycles. The number of amides is 2. The average molecular weight is 449 g/mol. The van der Waals surface area contributed by atoms with Gasteiger partial charge in [-0.05, 0) is 48.5 Å². The minimum atomic E-state index is -0.375. The molecule has 7 nitrogen and oxygen atoms in total. The van der Waals surface area contributed by atoms with Gasteiger partial charge in [-0.2, -0.15) is 0 Å². The molecule has 32 heavy (non-hydrogen) atoms. The number of para-hydroxylation sites is 1. The minimum Gasteiger partial charge on any atom is -0.493 e. The first-order valence-electron chi connectivity index (χ1n) is 9.78. The summed E-state index contributed by atoms with van der Waals surface area (Å²) in [5.41, 5.74) is 3.69. The average Bonchev–Trinajstić information content (AvgIpc) is 2.81. The van der Waals surface area contributed by atoms with Crippen molar-refractivity contribution in [3.63, 3.8) is 0 Å². The number of urea groups is 1. The van der Waals surface area contributed by atoms with Crippen LogP contribution >= 0.6 is 11.6 Å². The smallest absolute Gasteiger partial charge is 0.323 e. The third-order valence-electron chi connectivity index (χ3n) is 4.79. The first-order valence-corrected chi connectivity index (χ1v) is 10.2. The van der Waals surface area contributed by atoms with Gasteiger partial charge in [0.2, 0.25) is 0 Å². The number of carbonyl (C=O) groups is 1. The number of carbonyl (C=O) groups excluding carboxylic acids is 1. The van der Waals surface area contributed by atoms with E-state index in [-0.39, 0.29) is 6.03 Å². The quantitative estimate of drug-likeness (QED) is 0.322. The fraction of sp³-hybridized carbons (Fsp3) is 0.0833. The molecular formula is C24H21ClN4O3. The molecule has 0 saturated heterocycles. The van der Waals surface area contributed by atoms with Gasteiger partial charge in [0.05, 0.1) is 30.4 Å². The van der Waals surface area contributed by atoms with Gasteiger partial charge in [0.15, 0.2) is 11.5 Å². The van der Waals surface area contributed by atoms with Crippen molar-refractivity contribution in [2.45, 2.75) is 0 Å². The molecule has 0 radical (unpaired) electrons. The summed E-state index contributed by atoms with van der Waals surface area (Å²) in [7, 11) is 3.19. The zero-order valence-corrected chi connectivity index (χ0v) is 18.2. The maximum absolute atomic E-state index is 12.2. The standard InChI is InChI=1S/C24H21ClN4O3/c1-31-22-13-17-19(11-12-26-21(17)14-23(22)32-2)27-15-7-9-16(10-8-15)28-24(30)29-20-6-4-3-5-18(20)25/h3-14H,1-2H3,(H,26,27)(H2,28,29,30). The van der Waals surface area contributed by atoms with Crippen molar-refractivity contribution in [2.24, 2.45) is 0 Å². The Hall–Kier alpha value is -3.97. The number of rotatable bonds is 6. The Labute approximate surface area is 190 Å². The first-order chi connectivity index (χ1) is 15.6. The number of hydrogen-bond acceptors (Lipinski definition) is 5. The molecule has 0 saturated carbocycles. The van der Waals surface area contributed by atoms with Gasteiger partial charge in [-0.15, -0.1) is 0 Å². The Morgan fingerprint density at radius 2 is 1.53 bits per heavy atom. The molecule has 3 aromatic carbocycles. The molecule has 0 aliphatic rings. The second-order valence-corrected chi connectivity index (χ2v) is 7.25. The minimum absolute atomic E-state index is 0.375. The van der Waals surface area contributed by atoms with E-state index in [1.54, 1.807) is 44.7 Å². The highest BCUT2D eigenvalue weighted by Crippen LogP contribution is 2.35. The van der Waals surface area contributed by atoms with Gasteiger partial charge in [-0.3, -0.25) is 4.98 Å². The van der Waals surface area contributed by atoms with Gasteiger partial charge in [0.25, 0.3) is 0 Å². The molecule has 162 valence electrons. The summed E-state index contributed by atoms with van der Waals surface area (Å²) in [6.45, 7) is 0. The van der Waals surface area contributed by atoms with Gasteiger partial charge in [-0.25, -0.2) is 4.79 Å². The van der Waals surface area contributed by atoms with Crippen molar-refractivity contribution in [3.05, 3.63) is 77.9 Å². The van der Waals surface area contributed by atoms with E-state index in [1.807, 2.05) is 42.5 Å². The third kappa shape index (κ3) is 4.68. The van der Waals surface area contributed by atoms with Gasteiger partial charge < -0.3 is 25.4 Å². The molecule has 4 aromatic rings. The van der Waals surface area contributed by atoms with Crippen molar-refractivity contribution < 1.29 is 14.3 Å². The number of nitrogens with zero attached hydrogens (tertiary/aromatic N) is 1. The van der Waals surface area contributed by atoms with Crippen molar-refractivity contribution in [3.8, 4) is 11.5 Å². The van der Waals surface area contributed by atoms with Gasteiger partial charge in [0, 0.05) is 34.7 Å². The summed E-state index contributed by atoms with van der Waals surface area (Å²) in [6.07, 6.45) is 1.73. The lowest BCUT2D eigenvalue weighted by molar-refractivity contribution is 0.262. The zero-order valence-electron chi connectivity index (χ0n) is 17.5. The van der Waals surface area contributed by atoms with Crippen LogP contribution in [0.5, 0.6) is 11.5 Å². The molecule has 3 N–H and O–H groups in total. The van der Waals surface area contributed by atoms with E-state index in [2.05, 4.69) is 20.9 Å². The van der Waals surface area contributed by atoms with Gasteiger partial charge >= 0.3 is 6.03 Å². The van der Waals surface area contributed by atoms with E-state index in [9.17, 15) is 4.79 Å². The predicted molar refractivity (Wildman–Crippen MR) is 129 cm³/mol. The van der Waals surface area contributed by atoms with E-state index in [0.717, 1.165) is 22.3 Å². The van der Waals surface area contributed by atoms with Crippen LogP contribution in [-0.2, 0) is 0 Å². The molecule has 0 aliphatic carbocycles. The third-order valence-corrected chi connectivity index (χ3v) is 5.12. The van der Waals surface area contributed by atoms with Crippen LogP contribution in [0.25, 0.3) is 10.9 Å². The van der Waals surface area contributed by atoms with Crippen LogP contribution in [0.15, 0.2) is 72.9 Å². The number of anilines is 4. The molecular weight excluding hydrogens is 428 g/mol. The first kappa shape index (κ1) is 21.3. The van der Waals surface area contributed by atoms with E-state index >= 15 is 0 Å². The normalized spacial score (nSPS) is 10.5. The summed E-state index contributed by atoms with van der Waals surface area (Å²) >= 11 is 6.08. The molecule has 8 heteroatoms. The number of hydrogen-bond donors (Lipinski definition) is 3. The van der Waals surface area contributed by atoms with E-state index in [1.165, 1.54) is 0 Å². The van der Waals surface area contributed by atoms with Gasteiger partial charge in [-0.1, -0.05) is 23.7 Å². The zero-order chi connectivity index (χ0) is 22.5. The molecule has 0 unspecified atom stereocenters. The van der Waals surface area contributed by atoms with Crippen LogP contribution < -0.4 is 25.4 Å². The summed E-state index contributed by atoms with van der Waals surface area (Å²) < 4.78 is 10.8. The van der Waals surface area contributed by atoms with Crippen LogP contribution in [0.2, 0.25) is 5.02 Å². The Kier molecular flexibility index (Phi) is 6.28. The maximum Gasteiger partial charge on any atom is 0.323 e. The highest BCUT2D eigenvalue weighted by Gasteiger charge is 2.10. The number of fused-ring (bicyclic) bond motifs is 1. The van der Waals surface area contributed by atoms with Crippen molar-refractivity contribution in [1.29, 1.82) is 0 Å². The second-order valence-electron chi connectivity index (χ2n) is 6.84. The summed E-state index contributed by atoms with van der Waals surface area (Å²) in [6, 6.07) is 19.6. The molecule has 4 rings (SSSR count). The number of aromatic nitrogens is 1. The van der Waals surface area contributed by atoms with Crippen molar-refractivity contribution >= 4 is 51.3 Å². The molecule has 0 fully saturated rings.